The minimum Gasteiger partial charge on any atom is -0.409 e. The maximum atomic E-state index is 13.1. The number of oxime groups is 1. The van der Waals surface area contributed by atoms with Crippen LogP contribution in [-0.4, -0.2) is 16.8 Å². The van der Waals surface area contributed by atoms with E-state index < -0.39 is 0 Å². The van der Waals surface area contributed by atoms with E-state index in [4.69, 9.17) is 10.9 Å². The smallest absolute Gasteiger partial charge is 0.139 e. The van der Waals surface area contributed by atoms with E-state index in [0.29, 0.717) is 11.3 Å². The van der Waals surface area contributed by atoms with Gasteiger partial charge in [0.2, 0.25) is 0 Å². The number of rotatable bonds is 5. The standard InChI is InChI=1S/C10H13FN2OS/c11-8-4-1-2-5-9(8)15-7-3-6-10(12)13-14/h1-2,4-5,14H,3,6-7H2,(H2,12,13). The van der Waals surface area contributed by atoms with Crippen LogP contribution in [0.3, 0.4) is 0 Å². The highest BCUT2D eigenvalue weighted by Crippen LogP contribution is 2.21. The Morgan fingerprint density at radius 2 is 2.20 bits per heavy atom. The van der Waals surface area contributed by atoms with Crippen molar-refractivity contribution < 1.29 is 9.60 Å². The highest BCUT2D eigenvalue weighted by atomic mass is 32.2. The van der Waals surface area contributed by atoms with Gasteiger partial charge in [0.1, 0.15) is 11.7 Å². The second-order valence-electron chi connectivity index (χ2n) is 2.97. The Kier molecular flexibility index (Phi) is 4.97. The van der Waals surface area contributed by atoms with Gasteiger partial charge in [0.15, 0.2) is 0 Å². The first-order valence-corrected chi connectivity index (χ1v) is 5.56. The Morgan fingerprint density at radius 3 is 2.87 bits per heavy atom. The van der Waals surface area contributed by atoms with Gasteiger partial charge in [-0.1, -0.05) is 17.3 Å². The third-order valence-corrected chi connectivity index (χ3v) is 2.93. The van der Waals surface area contributed by atoms with E-state index in [0.717, 1.165) is 12.2 Å². The third kappa shape index (κ3) is 4.20. The van der Waals surface area contributed by atoms with Gasteiger partial charge < -0.3 is 10.9 Å². The summed E-state index contributed by atoms with van der Waals surface area (Å²) in [6.07, 6.45) is 1.28. The lowest BCUT2D eigenvalue weighted by molar-refractivity contribution is 0.317. The second kappa shape index (κ2) is 6.29. The first-order chi connectivity index (χ1) is 7.24. The van der Waals surface area contributed by atoms with Crippen molar-refractivity contribution in [3.63, 3.8) is 0 Å². The van der Waals surface area contributed by atoms with E-state index in [1.165, 1.54) is 17.8 Å². The van der Waals surface area contributed by atoms with Gasteiger partial charge in [-0.15, -0.1) is 11.8 Å². The van der Waals surface area contributed by atoms with Gasteiger partial charge in [0.05, 0.1) is 0 Å². The van der Waals surface area contributed by atoms with E-state index in [9.17, 15) is 4.39 Å². The molecule has 0 spiro atoms. The molecule has 0 saturated heterocycles. The summed E-state index contributed by atoms with van der Waals surface area (Å²) in [5, 5.41) is 11.2. The average molecular weight is 228 g/mol. The fourth-order valence-electron chi connectivity index (χ4n) is 1.05. The Balaban J connectivity index is 2.29. The Hall–Kier alpha value is -1.23. The van der Waals surface area contributed by atoms with Crippen LogP contribution in [0.2, 0.25) is 0 Å². The summed E-state index contributed by atoms with van der Waals surface area (Å²) in [5.41, 5.74) is 5.30. The summed E-state index contributed by atoms with van der Waals surface area (Å²) in [6.45, 7) is 0. The van der Waals surface area contributed by atoms with Crippen molar-refractivity contribution in [2.45, 2.75) is 17.7 Å². The quantitative estimate of drug-likeness (QED) is 0.203. The van der Waals surface area contributed by atoms with Crippen LogP contribution in [0.25, 0.3) is 0 Å². The average Bonchev–Trinajstić information content (AvgIpc) is 2.26. The fraction of sp³-hybridized carbons (Fsp3) is 0.300. The number of nitrogens with zero attached hydrogens (tertiary/aromatic N) is 1. The molecule has 0 aliphatic carbocycles. The normalized spacial score (nSPS) is 11.7. The van der Waals surface area contributed by atoms with E-state index in [1.54, 1.807) is 18.2 Å². The molecule has 0 heterocycles. The number of amidine groups is 1. The van der Waals surface area contributed by atoms with Crippen LogP contribution < -0.4 is 5.73 Å². The highest BCUT2D eigenvalue weighted by Gasteiger charge is 2.01. The molecule has 82 valence electrons. The second-order valence-corrected chi connectivity index (χ2v) is 4.11. The summed E-state index contributed by atoms with van der Waals surface area (Å²) in [5.74, 6) is 0.757. The predicted octanol–water partition coefficient (Wildman–Crippen LogP) is 2.44. The molecule has 0 aliphatic rings. The largest absolute Gasteiger partial charge is 0.409 e. The molecular weight excluding hydrogens is 215 g/mol. The van der Waals surface area contributed by atoms with Crippen molar-refractivity contribution in [3.8, 4) is 0 Å². The molecule has 0 amide bonds. The molecule has 3 N–H and O–H groups in total. The van der Waals surface area contributed by atoms with Crippen molar-refractivity contribution in [2.24, 2.45) is 10.9 Å². The van der Waals surface area contributed by atoms with Crippen LogP contribution >= 0.6 is 11.8 Å². The number of halogens is 1. The van der Waals surface area contributed by atoms with Gasteiger partial charge in [-0.2, -0.15) is 0 Å². The van der Waals surface area contributed by atoms with Crippen molar-refractivity contribution in [3.05, 3.63) is 30.1 Å². The van der Waals surface area contributed by atoms with Crippen LogP contribution in [0, 0.1) is 5.82 Å². The molecule has 0 radical (unpaired) electrons. The number of benzene rings is 1. The molecule has 0 aliphatic heterocycles. The Labute approximate surface area is 92.2 Å². The third-order valence-electron chi connectivity index (χ3n) is 1.80. The van der Waals surface area contributed by atoms with Crippen molar-refractivity contribution in [1.82, 2.24) is 0 Å². The fourth-order valence-corrected chi connectivity index (χ4v) is 1.94. The Morgan fingerprint density at radius 1 is 1.47 bits per heavy atom. The van der Waals surface area contributed by atoms with Crippen LogP contribution in [0.4, 0.5) is 4.39 Å². The topological polar surface area (TPSA) is 58.6 Å². The van der Waals surface area contributed by atoms with Crippen LogP contribution in [-0.2, 0) is 0 Å². The summed E-state index contributed by atoms with van der Waals surface area (Å²) < 4.78 is 13.1. The maximum absolute atomic E-state index is 13.1. The number of hydrogen-bond acceptors (Lipinski definition) is 3. The summed E-state index contributed by atoms with van der Waals surface area (Å²) >= 11 is 1.43. The van der Waals surface area contributed by atoms with Crippen LogP contribution in [0.15, 0.2) is 34.3 Å². The molecule has 0 aromatic heterocycles. The molecule has 0 unspecified atom stereocenters. The molecular formula is C10H13FN2OS. The number of nitrogens with two attached hydrogens (primary N) is 1. The van der Waals surface area contributed by atoms with E-state index >= 15 is 0 Å². The van der Waals surface area contributed by atoms with E-state index in [-0.39, 0.29) is 11.7 Å². The first-order valence-electron chi connectivity index (χ1n) is 4.57. The van der Waals surface area contributed by atoms with Gasteiger partial charge >= 0.3 is 0 Å². The molecule has 0 fully saturated rings. The van der Waals surface area contributed by atoms with Crippen LogP contribution in [0.5, 0.6) is 0 Å². The molecule has 0 bridgehead atoms. The molecule has 15 heavy (non-hydrogen) atoms. The monoisotopic (exact) mass is 228 g/mol. The molecule has 1 aromatic rings. The molecule has 5 heteroatoms. The van der Waals surface area contributed by atoms with Gasteiger partial charge in [-0.3, -0.25) is 0 Å². The van der Waals surface area contributed by atoms with Gasteiger partial charge in [-0.25, -0.2) is 4.39 Å². The lowest BCUT2D eigenvalue weighted by Crippen LogP contribution is -2.11. The summed E-state index contributed by atoms with van der Waals surface area (Å²) in [4.78, 5) is 0.636. The molecule has 1 aromatic carbocycles. The Bertz CT molecular complexity index is 344. The van der Waals surface area contributed by atoms with E-state index in [2.05, 4.69) is 5.16 Å². The molecule has 0 saturated carbocycles. The minimum absolute atomic E-state index is 0.203. The van der Waals surface area contributed by atoms with Crippen molar-refractivity contribution in [1.29, 1.82) is 0 Å². The van der Waals surface area contributed by atoms with Crippen molar-refractivity contribution >= 4 is 17.6 Å². The maximum Gasteiger partial charge on any atom is 0.139 e. The van der Waals surface area contributed by atoms with Crippen LogP contribution in [0.1, 0.15) is 12.8 Å². The number of hydrogen-bond donors (Lipinski definition) is 2. The van der Waals surface area contributed by atoms with E-state index in [1.807, 2.05) is 0 Å². The zero-order valence-corrected chi connectivity index (χ0v) is 9.01. The van der Waals surface area contributed by atoms with Gasteiger partial charge in [0, 0.05) is 11.3 Å². The first kappa shape index (κ1) is 11.8. The SMILES string of the molecule is N/C(CCCSc1ccccc1F)=N\O. The lowest BCUT2D eigenvalue weighted by atomic mass is 10.3. The molecule has 1 rings (SSSR count). The zero-order valence-electron chi connectivity index (χ0n) is 8.19. The predicted molar refractivity (Wildman–Crippen MR) is 59.8 cm³/mol. The number of thioether (sulfide) groups is 1. The summed E-state index contributed by atoms with van der Waals surface area (Å²) in [7, 11) is 0. The molecule has 0 atom stereocenters. The molecule has 3 nitrogen and oxygen atoms in total. The summed E-state index contributed by atoms with van der Waals surface area (Å²) in [6, 6.07) is 6.64. The van der Waals surface area contributed by atoms with Crippen molar-refractivity contribution in [2.75, 3.05) is 5.75 Å². The van der Waals surface area contributed by atoms with Gasteiger partial charge in [-0.05, 0) is 24.3 Å². The zero-order chi connectivity index (χ0) is 11.1. The highest BCUT2D eigenvalue weighted by molar-refractivity contribution is 7.99. The van der Waals surface area contributed by atoms with Gasteiger partial charge in [0.25, 0.3) is 0 Å². The minimum atomic E-state index is -0.203. The lowest BCUT2D eigenvalue weighted by Gasteiger charge is -2.02.